The van der Waals surface area contributed by atoms with Gasteiger partial charge in [-0.15, -0.1) is 0 Å². The van der Waals surface area contributed by atoms with Crippen LogP contribution in [0.1, 0.15) is 24.0 Å². The molecule has 2 aliphatic rings. The lowest BCUT2D eigenvalue weighted by Gasteiger charge is -2.26. The topological polar surface area (TPSA) is 29.3 Å². The highest BCUT2D eigenvalue weighted by Gasteiger charge is 2.36. The van der Waals surface area contributed by atoms with Crippen LogP contribution < -0.4 is 5.73 Å². The second-order valence-electron chi connectivity index (χ2n) is 4.81. The number of nitrogens with zero attached hydrogens (tertiary/aromatic N) is 1. The van der Waals surface area contributed by atoms with Crippen molar-refractivity contribution in [3.05, 3.63) is 35.4 Å². The van der Waals surface area contributed by atoms with Gasteiger partial charge in [-0.2, -0.15) is 0 Å². The first-order valence-corrected chi connectivity index (χ1v) is 5.89. The van der Waals surface area contributed by atoms with Crippen LogP contribution in [-0.2, 0) is 13.1 Å². The molecule has 1 aliphatic carbocycles. The van der Waals surface area contributed by atoms with Gasteiger partial charge in [0.05, 0.1) is 0 Å². The van der Waals surface area contributed by atoms with Crippen molar-refractivity contribution in [2.75, 3.05) is 6.54 Å². The van der Waals surface area contributed by atoms with Crippen LogP contribution in [0, 0.1) is 5.92 Å². The molecule has 1 atom stereocenters. The number of hydrogen-bond donors (Lipinski definition) is 1. The predicted octanol–water partition coefficient (Wildman–Crippen LogP) is 1.74. The summed E-state index contributed by atoms with van der Waals surface area (Å²) in [6.07, 6.45) is 2.77. The third-order valence-corrected chi connectivity index (χ3v) is 3.74. The Morgan fingerprint density at radius 3 is 2.27 bits per heavy atom. The highest BCUT2D eigenvalue weighted by molar-refractivity contribution is 5.30. The fourth-order valence-electron chi connectivity index (χ4n) is 2.71. The summed E-state index contributed by atoms with van der Waals surface area (Å²) in [6.45, 7) is 3.03. The van der Waals surface area contributed by atoms with Gasteiger partial charge in [-0.25, -0.2) is 0 Å². The number of hydrogen-bond acceptors (Lipinski definition) is 2. The summed E-state index contributed by atoms with van der Waals surface area (Å²) in [5.41, 5.74) is 8.88. The van der Waals surface area contributed by atoms with Crippen molar-refractivity contribution in [2.24, 2.45) is 11.7 Å². The van der Waals surface area contributed by atoms with E-state index >= 15 is 0 Å². The summed E-state index contributed by atoms with van der Waals surface area (Å²) < 4.78 is 0. The molecule has 0 saturated heterocycles. The predicted molar refractivity (Wildman–Crippen MR) is 61.3 cm³/mol. The van der Waals surface area contributed by atoms with Crippen LogP contribution in [0.5, 0.6) is 0 Å². The van der Waals surface area contributed by atoms with Gasteiger partial charge in [-0.05, 0) is 29.9 Å². The van der Waals surface area contributed by atoms with Crippen molar-refractivity contribution < 1.29 is 0 Å². The van der Waals surface area contributed by atoms with Gasteiger partial charge in [0.15, 0.2) is 0 Å². The molecule has 1 aliphatic heterocycles. The van der Waals surface area contributed by atoms with E-state index in [1.165, 1.54) is 24.0 Å². The lowest BCUT2D eigenvalue weighted by atomic mass is 10.1. The van der Waals surface area contributed by atoms with E-state index in [1.807, 2.05) is 0 Å². The van der Waals surface area contributed by atoms with Crippen LogP contribution in [0.3, 0.4) is 0 Å². The Hall–Kier alpha value is -0.860. The van der Waals surface area contributed by atoms with Crippen molar-refractivity contribution in [3.63, 3.8) is 0 Å². The van der Waals surface area contributed by atoms with Gasteiger partial charge >= 0.3 is 0 Å². The van der Waals surface area contributed by atoms with E-state index in [0.717, 1.165) is 25.6 Å². The van der Waals surface area contributed by atoms with E-state index < -0.39 is 0 Å². The van der Waals surface area contributed by atoms with Crippen molar-refractivity contribution in [2.45, 2.75) is 32.0 Å². The van der Waals surface area contributed by atoms with Crippen molar-refractivity contribution >= 4 is 0 Å². The molecule has 3 rings (SSSR count). The number of fused-ring (bicyclic) bond motifs is 1. The minimum absolute atomic E-state index is 0.623. The van der Waals surface area contributed by atoms with E-state index in [9.17, 15) is 0 Å². The van der Waals surface area contributed by atoms with Gasteiger partial charge in [0.25, 0.3) is 0 Å². The third kappa shape index (κ3) is 1.68. The fraction of sp³-hybridized carbons (Fsp3) is 0.538. The molecule has 2 N–H and O–H groups in total. The maximum Gasteiger partial charge on any atom is 0.0253 e. The molecule has 0 bridgehead atoms. The first-order valence-electron chi connectivity index (χ1n) is 5.89. The van der Waals surface area contributed by atoms with Crippen LogP contribution in [-0.4, -0.2) is 17.5 Å². The Balaban J connectivity index is 1.77. The highest BCUT2D eigenvalue weighted by atomic mass is 15.2. The average Bonchev–Trinajstić information content (AvgIpc) is 2.99. The van der Waals surface area contributed by atoms with Crippen LogP contribution in [0.4, 0.5) is 0 Å². The maximum absolute atomic E-state index is 5.89. The van der Waals surface area contributed by atoms with Crippen LogP contribution >= 0.6 is 0 Å². The normalized spacial score (nSPS) is 22.7. The van der Waals surface area contributed by atoms with Crippen LogP contribution in [0.2, 0.25) is 0 Å². The standard InChI is InChI=1S/C13H18N2/c14-7-13(10-5-6-10)15-8-11-3-1-2-4-12(11)9-15/h1-4,10,13H,5-9,14H2. The van der Waals surface area contributed by atoms with Gasteiger partial charge in [0.1, 0.15) is 0 Å². The second kappa shape index (κ2) is 3.62. The monoisotopic (exact) mass is 202 g/mol. The quantitative estimate of drug-likeness (QED) is 0.809. The van der Waals surface area contributed by atoms with E-state index in [0.29, 0.717) is 6.04 Å². The molecule has 1 saturated carbocycles. The molecule has 2 nitrogen and oxygen atoms in total. The zero-order valence-electron chi connectivity index (χ0n) is 9.02. The fourth-order valence-corrected chi connectivity index (χ4v) is 2.71. The third-order valence-electron chi connectivity index (χ3n) is 3.74. The zero-order chi connectivity index (χ0) is 10.3. The maximum atomic E-state index is 5.89. The van der Waals surface area contributed by atoms with Gasteiger partial charge in [0, 0.05) is 25.7 Å². The molecular formula is C13H18N2. The second-order valence-corrected chi connectivity index (χ2v) is 4.81. The summed E-state index contributed by atoms with van der Waals surface area (Å²) in [6, 6.07) is 9.39. The minimum atomic E-state index is 0.623. The molecule has 2 heteroatoms. The Morgan fingerprint density at radius 1 is 1.20 bits per heavy atom. The number of benzene rings is 1. The number of rotatable bonds is 3. The molecular weight excluding hydrogens is 184 g/mol. The molecule has 1 aromatic carbocycles. The smallest absolute Gasteiger partial charge is 0.0253 e. The minimum Gasteiger partial charge on any atom is -0.329 e. The molecule has 1 heterocycles. The first kappa shape index (κ1) is 9.37. The van der Waals surface area contributed by atoms with Gasteiger partial charge in [-0.1, -0.05) is 24.3 Å². The summed E-state index contributed by atoms with van der Waals surface area (Å²) in [4.78, 5) is 2.56. The molecule has 0 radical (unpaired) electrons. The molecule has 0 aromatic heterocycles. The molecule has 0 amide bonds. The van der Waals surface area contributed by atoms with Crippen molar-refractivity contribution in [3.8, 4) is 0 Å². The average molecular weight is 202 g/mol. The summed E-state index contributed by atoms with van der Waals surface area (Å²) in [5.74, 6) is 0.879. The molecule has 1 aromatic rings. The van der Waals surface area contributed by atoms with Gasteiger partial charge in [-0.3, -0.25) is 4.90 Å². The van der Waals surface area contributed by atoms with E-state index in [-0.39, 0.29) is 0 Å². The Kier molecular flexibility index (Phi) is 2.26. The highest BCUT2D eigenvalue weighted by Crippen LogP contribution is 2.37. The van der Waals surface area contributed by atoms with Gasteiger partial charge in [0.2, 0.25) is 0 Å². The lowest BCUT2D eigenvalue weighted by Crippen LogP contribution is -2.38. The molecule has 1 fully saturated rings. The first-order chi connectivity index (χ1) is 7.38. The van der Waals surface area contributed by atoms with Crippen LogP contribution in [0.25, 0.3) is 0 Å². The van der Waals surface area contributed by atoms with Gasteiger partial charge < -0.3 is 5.73 Å². The van der Waals surface area contributed by atoms with E-state index in [2.05, 4.69) is 29.2 Å². The van der Waals surface area contributed by atoms with Crippen molar-refractivity contribution in [1.29, 1.82) is 0 Å². The molecule has 80 valence electrons. The summed E-state index contributed by atoms with van der Waals surface area (Å²) in [7, 11) is 0. The lowest BCUT2D eigenvalue weighted by molar-refractivity contribution is 0.183. The zero-order valence-corrected chi connectivity index (χ0v) is 9.02. The van der Waals surface area contributed by atoms with Crippen molar-refractivity contribution in [1.82, 2.24) is 4.90 Å². The van der Waals surface area contributed by atoms with E-state index in [4.69, 9.17) is 5.73 Å². The largest absolute Gasteiger partial charge is 0.329 e. The molecule has 15 heavy (non-hydrogen) atoms. The Bertz CT molecular complexity index is 332. The summed E-state index contributed by atoms with van der Waals surface area (Å²) in [5, 5.41) is 0. The Labute approximate surface area is 91.1 Å². The van der Waals surface area contributed by atoms with E-state index in [1.54, 1.807) is 0 Å². The number of nitrogens with two attached hydrogens (primary N) is 1. The molecule has 0 spiro atoms. The SMILES string of the molecule is NCC(C1CC1)N1Cc2ccccc2C1. The Morgan fingerprint density at radius 2 is 1.80 bits per heavy atom. The summed E-state index contributed by atoms with van der Waals surface area (Å²) >= 11 is 0. The van der Waals surface area contributed by atoms with Crippen LogP contribution in [0.15, 0.2) is 24.3 Å². The molecule has 1 unspecified atom stereocenters.